The van der Waals surface area contributed by atoms with Crippen LogP contribution >= 0.6 is 47.8 Å². The van der Waals surface area contributed by atoms with E-state index in [1.165, 1.54) is 43.4 Å². The molecule has 0 spiro atoms. The number of hydrogen-bond acceptors (Lipinski definition) is 2. The molecule has 0 radical (unpaired) electrons. The second kappa shape index (κ2) is 14.8. The highest BCUT2D eigenvalue weighted by Gasteiger charge is 2.10. The highest BCUT2D eigenvalue weighted by Crippen LogP contribution is 2.34. The molecule has 46 heavy (non-hydrogen) atoms. The summed E-state index contributed by atoms with van der Waals surface area (Å²) in [6.45, 7) is 0. The van der Waals surface area contributed by atoms with E-state index in [0.29, 0.717) is 5.46 Å². The molecule has 0 aliphatic rings. The Bertz CT molecular complexity index is 2260. The maximum absolute atomic E-state index is 8.94. The Labute approximate surface area is 293 Å². The van der Waals surface area contributed by atoms with E-state index >= 15 is 0 Å². The standard InChI is InChI=1S/C20H13Br.C10H9BO2.C10H6Br2/c21-20-12-11-17(18-7-3-4-8-19(18)20)16-10-9-14-5-1-2-6-15(14)13-16;12-11(13)10-6-5-8-3-1-2-4-9(8)7-10;11-9-5-6-10(12)8-4-2-1-3-7(8)9/h1-13H;1-7,12-13H;1-6H. The second-order valence-electron chi connectivity index (χ2n) is 10.8. The summed E-state index contributed by atoms with van der Waals surface area (Å²) in [5.41, 5.74) is 3.07. The lowest BCUT2D eigenvalue weighted by Gasteiger charge is -2.09. The van der Waals surface area contributed by atoms with Crippen LogP contribution in [0.5, 0.6) is 0 Å². The first-order valence-electron chi connectivity index (χ1n) is 14.7. The van der Waals surface area contributed by atoms with Gasteiger partial charge in [0.25, 0.3) is 0 Å². The van der Waals surface area contributed by atoms with Crippen LogP contribution in [-0.4, -0.2) is 17.2 Å². The molecule has 0 bridgehead atoms. The first-order chi connectivity index (χ1) is 22.4. The number of fused-ring (bicyclic) bond motifs is 4. The van der Waals surface area contributed by atoms with Crippen LogP contribution in [0.1, 0.15) is 0 Å². The molecule has 8 aromatic rings. The van der Waals surface area contributed by atoms with Gasteiger partial charge >= 0.3 is 7.12 Å². The molecular weight excluding hydrogens is 763 g/mol. The van der Waals surface area contributed by atoms with E-state index in [0.717, 1.165) is 24.2 Å². The van der Waals surface area contributed by atoms with Crippen LogP contribution in [0.4, 0.5) is 0 Å². The molecule has 8 rings (SSSR count). The van der Waals surface area contributed by atoms with Crippen LogP contribution in [0.3, 0.4) is 0 Å². The monoisotopic (exact) mass is 788 g/mol. The zero-order valence-electron chi connectivity index (χ0n) is 24.6. The van der Waals surface area contributed by atoms with E-state index < -0.39 is 7.12 Å². The van der Waals surface area contributed by atoms with Crippen LogP contribution in [0, 0.1) is 0 Å². The average molecular weight is 791 g/mol. The van der Waals surface area contributed by atoms with Crippen LogP contribution in [0.15, 0.2) is 171 Å². The Morgan fingerprint density at radius 1 is 0.370 bits per heavy atom. The molecule has 0 amide bonds. The Morgan fingerprint density at radius 3 is 1.33 bits per heavy atom. The number of hydrogen-bond donors (Lipinski definition) is 2. The second-order valence-corrected chi connectivity index (χ2v) is 13.3. The van der Waals surface area contributed by atoms with Gasteiger partial charge in [0.15, 0.2) is 0 Å². The smallest absolute Gasteiger partial charge is 0.423 e. The van der Waals surface area contributed by atoms with Gasteiger partial charge in [-0.1, -0.05) is 181 Å². The van der Waals surface area contributed by atoms with Crippen molar-refractivity contribution in [2.24, 2.45) is 0 Å². The summed E-state index contributed by atoms with van der Waals surface area (Å²) in [6.07, 6.45) is 0. The topological polar surface area (TPSA) is 40.5 Å². The molecule has 2 nitrogen and oxygen atoms in total. The summed E-state index contributed by atoms with van der Waals surface area (Å²) < 4.78 is 3.42. The quantitative estimate of drug-likeness (QED) is 0.171. The third-order valence-corrected chi connectivity index (χ3v) is 9.90. The van der Waals surface area contributed by atoms with Gasteiger partial charge in [0.1, 0.15) is 0 Å². The van der Waals surface area contributed by atoms with Crippen molar-refractivity contribution < 1.29 is 10.0 Å². The van der Waals surface area contributed by atoms with Crippen molar-refractivity contribution in [3.63, 3.8) is 0 Å². The van der Waals surface area contributed by atoms with Gasteiger partial charge in [-0.15, -0.1) is 0 Å². The number of benzene rings is 8. The zero-order valence-corrected chi connectivity index (χ0v) is 29.4. The molecule has 0 aliphatic heterocycles. The Hall–Kier alpha value is -3.78. The minimum Gasteiger partial charge on any atom is -0.423 e. The van der Waals surface area contributed by atoms with Crippen molar-refractivity contribution in [1.82, 2.24) is 0 Å². The Kier molecular flexibility index (Phi) is 10.3. The van der Waals surface area contributed by atoms with Crippen LogP contribution in [0.2, 0.25) is 0 Å². The maximum atomic E-state index is 8.94. The summed E-state index contributed by atoms with van der Waals surface area (Å²) in [4.78, 5) is 0. The summed E-state index contributed by atoms with van der Waals surface area (Å²) in [7, 11) is -1.38. The van der Waals surface area contributed by atoms with Crippen LogP contribution < -0.4 is 5.46 Å². The molecule has 0 fully saturated rings. The lowest BCUT2D eigenvalue weighted by atomic mass is 9.79. The van der Waals surface area contributed by atoms with Crippen molar-refractivity contribution in [3.05, 3.63) is 171 Å². The molecule has 0 heterocycles. The molecule has 0 atom stereocenters. The van der Waals surface area contributed by atoms with Gasteiger partial charge in [-0.05, 0) is 83.9 Å². The summed E-state index contributed by atoms with van der Waals surface area (Å²) in [6, 6.07) is 53.6. The van der Waals surface area contributed by atoms with Gasteiger partial charge in [-0.2, -0.15) is 0 Å². The number of rotatable bonds is 2. The molecule has 0 aromatic heterocycles. The fourth-order valence-electron chi connectivity index (χ4n) is 5.46. The molecule has 8 aromatic carbocycles. The lowest BCUT2D eigenvalue weighted by molar-refractivity contribution is 0.426. The van der Waals surface area contributed by atoms with Crippen molar-refractivity contribution in [2.45, 2.75) is 0 Å². The largest absolute Gasteiger partial charge is 0.488 e. The molecule has 0 saturated heterocycles. The molecular formula is C40H28BBr3O2. The van der Waals surface area contributed by atoms with E-state index in [1.807, 2.05) is 54.6 Å². The predicted octanol–water partition coefficient (Wildman–Crippen LogP) is 11.3. The lowest BCUT2D eigenvalue weighted by Crippen LogP contribution is -2.29. The fraction of sp³-hybridized carbons (Fsp3) is 0. The van der Waals surface area contributed by atoms with Crippen molar-refractivity contribution in [1.29, 1.82) is 0 Å². The van der Waals surface area contributed by atoms with Crippen molar-refractivity contribution >= 4 is 103 Å². The van der Waals surface area contributed by atoms with Crippen LogP contribution in [-0.2, 0) is 0 Å². The van der Waals surface area contributed by atoms with Crippen LogP contribution in [0.25, 0.3) is 54.2 Å². The number of halogens is 3. The normalized spacial score (nSPS) is 10.7. The Morgan fingerprint density at radius 2 is 0.783 bits per heavy atom. The zero-order chi connectivity index (χ0) is 32.0. The summed E-state index contributed by atoms with van der Waals surface area (Å²) in [5, 5.41) is 27.6. The highest BCUT2D eigenvalue weighted by atomic mass is 79.9. The van der Waals surface area contributed by atoms with E-state index in [9.17, 15) is 0 Å². The van der Waals surface area contributed by atoms with E-state index in [4.69, 9.17) is 10.0 Å². The van der Waals surface area contributed by atoms with Gasteiger partial charge in [-0.25, -0.2) is 0 Å². The minimum atomic E-state index is -1.38. The van der Waals surface area contributed by atoms with Gasteiger partial charge in [0.2, 0.25) is 0 Å². The van der Waals surface area contributed by atoms with E-state index in [2.05, 4.69) is 139 Å². The Balaban J connectivity index is 0.000000129. The molecule has 2 N–H and O–H groups in total. The molecule has 0 saturated carbocycles. The fourth-order valence-corrected chi connectivity index (χ4v) is 6.90. The SMILES string of the molecule is Brc1ccc(-c2ccc3ccccc3c2)c2ccccc12.Brc1ccc(Br)c2ccccc12.OB(O)c1ccc2ccccc2c1. The van der Waals surface area contributed by atoms with Gasteiger partial charge in [0.05, 0.1) is 0 Å². The third kappa shape index (κ3) is 7.28. The molecule has 6 heteroatoms. The van der Waals surface area contributed by atoms with Crippen molar-refractivity contribution in [3.8, 4) is 11.1 Å². The van der Waals surface area contributed by atoms with E-state index in [1.54, 1.807) is 12.1 Å². The van der Waals surface area contributed by atoms with Gasteiger partial charge in [0, 0.05) is 13.4 Å². The van der Waals surface area contributed by atoms with Gasteiger partial charge < -0.3 is 10.0 Å². The third-order valence-electron chi connectivity index (χ3n) is 7.82. The van der Waals surface area contributed by atoms with E-state index in [-0.39, 0.29) is 0 Å². The predicted molar refractivity (Wildman–Crippen MR) is 208 cm³/mol. The minimum absolute atomic E-state index is 0.527. The maximum Gasteiger partial charge on any atom is 0.488 e. The summed E-state index contributed by atoms with van der Waals surface area (Å²) >= 11 is 10.7. The molecule has 224 valence electrons. The summed E-state index contributed by atoms with van der Waals surface area (Å²) in [5.74, 6) is 0. The van der Waals surface area contributed by atoms with Gasteiger partial charge in [-0.3, -0.25) is 0 Å². The average Bonchev–Trinajstić information content (AvgIpc) is 3.10. The highest BCUT2D eigenvalue weighted by molar-refractivity contribution is 9.11. The first-order valence-corrected chi connectivity index (χ1v) is 17.1. The van der Waals surface area contributed by atoms with Crippen molar-refractivity contribution in [2.75, 3.05) is 0 Å². The first kappa shape index (κ1) is 32.2. The molecule has 0 aliphatic carbocycles. The molecule has 0 unspecified atom stereocenters.